The molecule has 0 fully saturated rings. The van der Waals surface area contributed by atoms with Crippen LogP contribution in [-0.4, -0.2) is 15.2 Å². The number of aliphatic hydroxyl groups is 1. The number of H-pyrrole nitrogens is 1. The predicted molar refractivity (Wildman–Crippen MR) is 45.9 cm³/mol. The summed E-state index contributed by atoms with van der Waals surface area (Å²) in [5.74, 6) is 0.230. The molecule has 0 amide bonds. The summed E-state index contributed by atoms with van der Waals surface area (Å²) in [5, 5.41) is 19.0. The number of phenols is 1. The van der Waals surface area contributed by atoms with Crippen LogP contribution < -0.4 is 0 Å². The molecule has 1 heterocycles. The Morgan fingerprint density at radius 1 is 1.33 bits per heavy atom. The Hall–Kier alpha value is -1.48. The number of aromatic amines is 1. The van der Waals surface area contributed by atoms with Crippen LogP contribution in [0.5, 0.6) is 5.75 Å². The van der Waals surface area contributed by atoms with E-state index in [1.165, 1.54) is 0 Å². The molecule has 3 N–H and O–H groups in total. The molecule has 0 unspecified atom stereocenters. The maximum atomic E-state index is 9.13. The average molecular weight is 163 g/mol. The van der Waals surface area contributed by atoms with Crippen molar-refractivity contribution in [1.82, 2.24) is 4.98 Å². The zero-order chi connectivity index (χ0) is 8.55. The van der Waals surface area contributed by atoms with Crippen molar-refractivity contribution in [2.24, 2.45) is 0 Å². The molecule has 3 heteroatoms. The van der Waals surface area contributed by atoms with E-state index in [-0.39, 0.29) is 12.4 Å². The Kier molecular flexibility index (Phi) is 1.52. The van der Waals surface area contributed by atoms with E-state index in [9.17, 15) is 0 Å². The fourth-order valence-corrected chi connectivity index (χ4v) is 1.31. The maximum Gasteiger partial charge on any atom is 0.117 e. The molecule has 0 bridgehead atoms. The molecule has 1 aromatic heterocycles. The summed E-state index contributed by atoms with van der Waals surface area (Å²) in [6, 6.07) is 5.02. The first-order valence-electron chi connectivity index (χ1n) is 3.71. The lowest BCUT2D eigenvalue weighted by molar-refractivity contribution is 0.283. The van der Waals surface area contributed by atoms with E-state index in [1.54, 1.807) is 24.4 Å². The Morgan fingerprint density at radius 3 is 2.92 bits per heavy atom. The topological polar surface area (TPSA) is 56.2 Å². The number of phenolic OH excluding ortho intramolecular Hbond substituents is 1. The fourth-order valence-electron chi connectivity index (χ4n) is 1.31. The van der Waals surface area contributed by atoms with E-state index >= 15 is 0 Å². The van der Waals surface area contributed by atoms with Crippen LogP contribution in [0.1, 0.15) is 5.56 Å². The molecule has 3 nitrogen and oxygen atoms in total. The van der Waals surface area contributed by atoms with E-state index in [1.807, 2.05) is 0 Å². The van der Waals surface area contributed by atoms with Gasteiger partial charge in [0, 0.05) is 28.7 Å². The van der Waals surface area contributed by atoms with Crippen molar-refractivity contribution < 1.29 is 10.2 Å². The van der Waals surface area contributed by atoms with Gasteiger partial charge in [-0.3, -0.25) is 0 Å². The van der Waals surface area contributed by atoms with Crippen molar-refractivity contribution in [3.05, 3.63) is 30.0 Å². The van der Waals surface area contributed by atoms with Crippen LogP contribution in [0.2, 0.25) is 0 Å². The number of aliphatic hydroxyl groups excluding tert-OH is 1. The molecule has 0 saturated heterocycles. The molecule has 2 rings (SSSR count). The first-order valence-corrected chi connectivity index (χ1v) is 3.71. The van der Waals surface area contributed by atoms with E-state index in [0.29, 0.717) is 0 Å². The second-order valence-corrected chi connectivity index (χ2v) is 2.70. The second-order valence-electron chi connectivity index (χ2n) is 2.70. The Morgan fingerprint density at radius 2 is 2.17 bits per heavy atom. The van der Waals surface area contributed by atoms with Crippen LogP contribution in [0.3, 0.4) is 0 Å². The highest BCUT2D eigenvalue weighted by atomic mass is 16.3. The SMILES string of the molecule is OCc1c[nH]c2cc(O)ccc12. The van der Waals surface area contributed by atoms with Crippen molar-refractivity contribution in [3.63, 3.8) is 0 Å². The predicted octanol–water partition coefficient (Wildman–Crippen LogP) is 1.37. The van der Waals surface area contributed by atoms with Crippen molar-refractivity contribution >= 4 is 10.9 Å². The van der Waals surface area contributed by atoms with Crippen molar-refractivity contribution in [1.29, 1.82) is 0 Å². The first-order chi connectivity index (χ1) is 5.81. The van der Waals surface area contributed by atoms with Crippen molar-refractivity contribution in [2.75, 3.05) is 0 Å². The number of hydrogen-bond donors (Lipinski definition) is 3. The van der Waals surface area contributed by atoms with Gasteiger partial charge < -0.3 is 15.2 Å². The van der Waals surface area contributed by atoms with E-state index in [2.05, 4.69) is 4.98 Å². The van der Waals surface area contributed by atoms with Crippen molar-refractivity contribution in [3.8, 4) is 5.75 Å². The zero-order valence-corrected chi connectivity index (χ0v) is 6.41. The standard InChI is InChI=1S/C9H9NO2/c11-5-6-4-10-9-3-7(12)1-2-8(6)9/h1-4,10-12H,5H2. The van der Waals surface area contributed by atoms with Gasteiger partial charge >= 0.3 is 0 Å². The average Bonchev–Trinajstić information content (AvgIpc) is 2.46. The van der Waals surface area contributed by atoms with Crippen LogP contribution in [0.4, 0.5) is 0 Å². The van der Waals surface area contributed by atoms with Crippen LogP contribution >= 0.6 is 0 Å². The maximum absolute atomic E-state index is 9.13. The monoisotopic (exact) mass is 163 g/mol. The van der Waals surface area contributed by atoms with Gasteiger partial charge in [-0.25, -0.2) is 0 Å². The highest BCUT2D eigenvalue weighted by molar-refractivity contribution is 5.84. The van der Waals surface area contributed by atoms with Gasteiger partial charge in [0.1, 0.15) is 5.75 Å². The molecule has 0 aliphatic heterocycles. The van der Waals surface area contributed by atoms with Gasteiger partial charge in [0.15, 0.2) is 0 Å². The minimum Gasteiger partial charge on any atom is -0.508 e. The lowest BCUT2D eigenvalue weighted by Crippen LogP contribution is -1.77. The first kappa shape index (κ1) is 7.18. The summed E-state index contributed by atoms with van der Waals surface area (Å²) in [6.45, 7) is 0.0186. The van der Waals surface area contributed by atoms with Crippen LogP contribution in [0, 0.1) is 0 Å². The minimum absolute atomic E-state index is 0.0186. The normalized spacial score (nSPS) is 10.8. The molecule has 0 radical (unpaired) electrons. The Labute approximate surface area is 69.3 Å². The summed E-state index contributed by atoms with van der Waals surface area (Å²) in [7, 11) is 0. The lowest BCUT2D eigenvalue weighted by atomic mass is 10.2. The zero-order valence-electron chi connectivity index (χ0n) is 6.41. The molecule has 12 heavy (non-hydrogen) atoms. The Bertz CT molecular complexity index is 406. The van der Waals surface area contributed by atoms with Gasteiger partial charge in [-0.15, -0.1) is 0 Å². The highest BCUT2D eigenvalue weighted by Crippen LogP contribution is 2.22. The van der Waals surface area contributed by atoms with Crippen LogP contribution in [0.25, 0.3) is 10.9 Å². The summed E-state index contributed by atoms with van der Waals surface area (Å²) in [6.07, 6.45) is 1.74. The quantitative estimate of drug-likeness (QED) is 0.594. The molecule has 62 valence electrons. The van der Waals surface area contributed by atoms with Gasteiger partial charge in [-0.05, 0) is 12.1 Å². The molecular formula is C9H9NO2. The molecule has 1 aromatic carbocycles. The summed E-state index contributed by atoms with van der Waals surface area (Å²) in [5.41, 5.74) is 1.70. The van der Waals surface area contributed by atoms with Crippen LogP contribution in [0.15, 0.2) is 24.4 Å². The number of hydrogen-bond acceptors (Lipinski definition) is 2. The third kappa shape index (κ3) is 0.950. The van der Waals surface area contributed by atoms with Crippen LogP contribution in [-0.2, 0) is 6.61 Å². The number of rotatable bonds is 1. The van der Waals surface area contributed by atoms with Gasteiger partial charge in [0.25, 0.3) is 0 Å². The highest BCUT2D eigenvalue weighted by Gasteiger charge is 2.01. The molecule has 2 aromatic rings. The molecule has 0 aliphatic carbocycles. The van der Waals surface area contributed by atoms with Crippen molar-refractivity contribution in [2.45, 2.75) is 6.61 Å². The number of aromatic nitrogens is 1. The fraction of sp³-hybridized carbons (Fsp3) is 0.111. The number of fused-ring (bicyclic) bond motifs is 1. The number of benzene rings is 1. The number of aromatic hydroxyl groups is 1. The van der Waals surface area contributed by atoms with Gasteiger partial charge in [-0.2, -0.15) is 0 Å². The summed E-state index contributed by atoms with van der Waals surface area (Å²) < 4.78 is 0. The molecule has 0 atom stereocenters. The molecule has 0 saturated carbocycles. The van der Waals surface area contributed by atoms with E-state index in [0.717, 1.165) is 16.5 Å². The molecular weight excluding hydrogens is 154 g/mol. The summed E-state index contributed by atoms with van der Waals surface area (Å²) >= 11 is 0. The summed E-state index contributed by atoms with van der Waals surface area (Å²) in [4.78, 5) is 2.96. The minimum atomic E-state index is 0.0186. The molecule has 0 spiro atoms. The van der Waals surface area contributed by atoms with Gasteiger partial charge in [-0.1, -0.05) is 0 Å². The molecule has 0 aliphatic rings. The van der Waals surface area contributed by atoms with Gasteiger partial charge in [0.2, 0.25) is 0 Å². The van der Waals surface area contributed by atoms with E-state index < -0.39 is 0 Å². The largest absolute Gasteiger partial charge is 0.508 e. The number of nitrogens with one attached hydrogen (secondary N) is 1. The second kappa shape index (κ2) is 2.53. The van der Waals surface area contributed by atoms with Gasteiger partial charge in [0.05, 0.1) is 6.61 Å². The third-order valence-electron chi connectivity index (χ3n) is 1.92. The smallest absolute Gasteiger partial charge is 0.117 e. The van der Waals surface area contributed by atoms with E-state index in [4.69, 9.17) is 10.2 Å². The third-order valence-corrected chi connectivity index (χ3v) is 1.92. The Balaban J connectivity index is 2.73. The lowest BCUT2D eigenvalue weighted by Gasteiger charge is -1.93.